The molecule has 0 saturated carbocycles. The number of benzene rings is 1. The molecule has 0 amide bonds. The Bertz CT molecular complexity index is 512. The molecule has 17 heavy (non-hydrogen) atoms. The van der Waals surface area contributed by atoms with Crippen molar-refractivity contribution < 1.29 is 30.7 Å². The minimum absolute atomic E-state index is 0.376. The van der Waals surface area contributed by atoms with Gasteiger partial charge in [-0.25, -0.2) is 12.8 Å². The van der Waals surface area contributed by atoms with E-state index in [4.69, 9.17) is 10.7 Å². The van der Waals surface area contributed by atoms with Gasteiger partial charge in [-0.2, -0.15) is 0 Å². The highest BCUT2D eigenvalue weighted by Gasteiger charge is 2.32. The van der Waals surface area contributed by atoms with Gasteiger partial charge in [-0.1, -0.05) is 6.07 Å². The van der Waals surface area contributed by atoms with Gasteiger partial charge in [0.25, 0.3) is 0 Å². The highest BCUT2D eigenvalue weighted by molar-refractivity contribution is 8.13. The van der Waals surface area contributed by atoms with Crippen LogP contribution in [0.25, 0.3) is 0 Å². The van der Waals surface area contributed by atoms with E-state index in [2.05, 4.69) is 4.74 Å². The lowest BCUT2D eigenvalue weighted by atomic mass is 10.2. The maximum atomic E-state index is 12.7. The second kappa shape index (κ2) is 4.69. The molecule has 0 unspecified atom stereocenters. The predicted octanol–water partition coefficient (Wildman–Crippen LogP) is 2.79. The van der Waals surface area contributed by atoms with Crippen molar-refractivity contribution in [2.24, 2.45) is 0 Å². The predicted molar refractivity (Wildman–Crippen MR) is 51.6 cm³/mol. The third-order valence-corrected chi connectivity index (χ3v) is 2.57. The van der Waals surface area contributed by atoms with Crippen LogP contribution < -0.4 is 4.74 Å². The van der Waals surface area contributed by atoms with Crippen molar-refractivity contribution >= 4 is 19.7 Å². The lowest BCUT2D eigenvalue weighted by Crippen LogP contribution is -2.18. The van der Waals surface area contributed by atoms with Gasteiger partial charge in [-0.3, -0.25) is 0 Å². The Kier molecular flexibility index (Phi) is 3.88. The van der Waals surface area contributed by atoms with Crippen LogP contribution in [0.4, 0.5) is 17.6 Å². The topological polar surface area (TPSA) is 43.4 Å². The summed E-state index contributed by atoms with van der Waals surface area (Å²) in [7, 11) is 0.827. The van der Waals surface area contributed by atoms with Gasteiger partial charge in [0, 0.05) is 22.3 Å². The second-order valence-electron chi connectivity index (χ2n) is 2.98. The van der Waals surface area contributed by atoms with Gasteiger partial charge >= 0.3 is 6.36 Å². The van der Waals surface area contributed by atoms with Crippen molar-refractivity contribution in [3.63, 3.8) is 0 Å². The van der Waals surface area contributed by atoms with Crippen molar-refractivity contribution in [3.8, 4) is 5.75 Å². The van der Waals surface area contributed by atoms with Crippen LogP contribution in [-0.4, -0.2) is 14.8 Å². The van der Waals surface area contributed by atoms with E-state index in [1.165, 1.54) is 0 Å². The molecule has 0 aliphatic rings. The van der Waals surface area contributed by atoms with E-state index in [1.807, 2.05) is 0 Å². The van der Waals surface area contributed by atoms with Gasteiger partial charge in [0.2, 0.25) is 9.05 Å². The number of rotatable bonds is 3. The van der Waals surface area contributed by atoms with E-state index in [-0.39, 0.29) is 5.56 Å². The van der Waals surface area contributed by atoms with Crippen molar-refractivity contribution in [3.05, 3.63) is 29.6 Å². The molecule has 0 radical (unpaired) electrons. The van der Waals surface area contributed by atoms with Crippen molar-refractivity contribution in [1.82, 2.24) is 0 Å². The lowest BCUT2D eigenvalue weighted by molar-refractivity contribution is -0.274. The first-order valence-corrected chi connectivity index (χ1v) is 6.51. The molecule has 0 heterocycles. The van der Waals surface area contributed by atoms with Crippen LogP contribution >= 0.6 is 10.7 Å². The van der Waals surface area contributed by atoms with E-state index in [1.54, 1.807) is 0 Å². The van der Waals surface area contributed by atoms with Crippen molar-refractivity contribution in [2.75, 3.05) is 0 Å². The summed E-state index contributed by atoms with van der Waals surface area (Å²) in [6.45, 7) is 0. The zero-order valence-electron chi connectivity index (χ0n) is 7.96. The Morgan fingerprint density at radius 3 is 2.35 bits per heavy atom. The standard InChI is InChI=1S/C8H5ClF4O3S/c9-17(14,15)4-5-1-2-6(10)3-7(5)16-8(11,12)13/h1-3H,4H2. The van der Waals surface area contributed by atoms with Gasteiger partial charge < -0.3 is 4.74 Å². The van der Waals surface area contributed by atoms with Crippen LogP contribution in [0.2, 0.25) is 0 Å². The summed E-state index contributed by atoms with van der Waals surface area (Å²) in [6, 6.07) is 2.10. The number of alkyl halides is 3. The number of ether oxygens (including phenoxy) is 1. The summed E-state index contributed by atoms with van der Waals surface area (Å²) in [5.41, 5.74) is -0.376. The molecule has 0 bridgehead atoms. The molecule has 1 aromatic carbocycles. The van der Waals surface area contributed by atoms with Gasteiger partial charge in [0.1, 0.15) is 11.6 Å². The zero-order valence-corrected chi connectivity index (χ0v) is 9.53. The first-order chi connectivity index (χ1) is 7.57. The normalized spacial score (nSPS) is 12.5. The van der Waals surface area contributed by atoms with Crippen LogP contribution in [0.5, 0.6) is 5.75 Å². The van der Waals surface area contributed by atoms with Gasteiger partial charge in [-0.15, -0.1) is 13.2 Å². The average molecular weight is 293 g/mol. The fraction of sp³-hybridized carbons (Fsp3) is 0.250. The SMILES string of the molecule is O=S(=O)(Cl)Cc1ccc(F)cc1OC(F)(F)F. The van der Waals surface area contributed by atoms with E-state index in [9.17, 15) is 26.0 Å². The molecule has 0 aromatic heterocycles. The van der Waals surface area contributed by atoms with Crippen LogP contribution in [0.15, 0.2) is 18.2 Å². The van der Waals surface area contributed by atoms with Gasteiger partial charge in [-0.05, 0) is 6.07 Å². The van der Waals surface area contributed by atoms with Crippen LogP contribution in [0, 0.1) is 5.82 Å². The van der Waals surface area contributed by atoms with Crippen molar-refractivity contribution in [1.29, 1.82) is 0 Å². The maximum Gasteiger partial charge on any atom is 0.573 e. The minimum atomic E-state index is -5.04. The molecule has 0 atom stereocenters. The Morgan fingerprint density at radius 1 is 1.29 bits per heavy atom. The molecule has 1 aromatic rings. The fourth-order valence-electron chi connectivity index (χ4n) is 1.05. The minimum Gasteiger partial charge on any atom is -0.405 e. The first kappa shape index (κ1) is 14.0. The van der Waals surface area contributed by atoms with Crippen LogP contribution in [-0.2, 0) is 14.8 Å². The number of halogens is 5. The molecule has 96 valence electrons. The molecule has 0 aliphatic heterocycles. The molecule has 3 nitrogen and oxygen atoms in total. The molecular weight excluding hydrogens is 288 g/mol. The van der Waals surface area contributed by atoms with Crippen molar-refractivity contribution in [2.45, 2.75) is 12.1 Å². The van der Waals surface area contributed by atoms with Gasteiger partial charge in [0.15, 0.2) is 0 Å². The molecule has 9 heteroatoms. The molecule has 0 aliphatic carbocycles. The zero-order chi connectivity index (χ0) is 13.3. The molecular formula is C8H5ClF4O3S. The molecule has 0 fully saturated rings. The largest absolute Gasteiger partial charge is 0.573 e. The quantitative estimate of drug-likeness (QED) is 0.635. The van der Waals surface area contributed by atoms with E-state index in [0.717, 1.165) is 12.1 Å². The van der Waals surface area contributed by atoms with Gasteiger partial charge in [0.05, 0.1) is 5.75 Å². The third kappa shape index (κ3) is 5.22. The number of hydrogen-bond donors (Lipinski definition) is 0. The Morgan fingerprint density at radius 2 is 1.88 bits per heavy atom. The summed E-state index contributed by atoms with van der Waals surface area (Å²) in [6.07, 6.45) is -5.04. The summed E-state index contributed by atoms with van der Waals surface area (Å²) >= 11 is 0. The summed E-state index contributed by atoms with van der Waals surface area (Å²) in [5, 5.41) is 0. The first-order valence-electron chi connectivity index (χ1n) is 4.03. The van der Waals surface area contributed by atoms with Crippen LogP contribution in [0.3, 0.4) is 0 Å². The molecule has 0 saturated heterocycles. The fourth-order valence-corrected chi connectivity index (χ4v) is 2.02. The van der Waals surface area contributed by atoms with E-state index >= 15 is 0 Å². The van der Waals surface area contributed by atoms with Crippen LogP contribution in [0.1, 0.15) is 5.56 Å². The maximum absolute atomic E-state index is 12.7. The number of hydrogen-bond acceptors (Lipinski definition) is 3. The van der Waals surface area contributed by atoms with E-state index in [0.29, 0.717) is 6.07 Å². The van der Waals surface area contributed by atoms with E-state index < -0.39 is 32.7 Å². The molecule has 1 rings (SSSR count). The summed E-state index contributed by atoms with van der Waals surface area (Å²) in [4.78, 5) is 0. The Hall–Kier alpha value is -1.02. The Labute approximate surface area is 98.4 Å². The third-order valence-electron chi connectivity index (χ3n) is 1.58. The molecule has 0 spiro atoms. The second-order valence-corrected chi connectivity index (χ2v) is 5.76. The highest BCUT2D eigenvalue weighted by atomic mass is 35.7. The lowest BCUT2D eigenvalue weighted by Gasteiger charge is -2.12. The Balaban J connectivity index is 3.13. The smallest absolute Gasteiger partial charge is 0.405 e. The summed E-state index contributed by atoms with van der Waals surface area (Å²) < 4.78 is 73.6. The molecule has 0 N–H and O–H groups in total. The summed E-state index contributed by atoms with van der Waals surface area (Å²) in [5.74, 6) is -2.80. The average Bonchev–Trinajstić information content (AvgIpc) is 2.05. The highest BCUT2D eigenvalue weighted by Crippen LogP contribution is 2.29. The monoisotopic (exact) mass is 292 g/mol.